The Kier molecular flexibility index (Phi) is 2.91. The van der Waals surface area contributed by atoms with Crippen LogP contribution in [0.15, 0.2) is 0 Å². The molecule has 5 N–H and O–H groups in total. The first-order valence-corrected chi connectivity index (χ1v) is 2.40. The van der Waals surface area contributed by atoms with E-state index in [0.717, 1.165) is 0 Å². The monoisotopic (exact) mass is 103 g/mol. The fraction of sp³-hybridized carbons (Fsp3) is 1.00. The molecule has 0 saturated carbocycles. The highest BCUT2D eigenvalue weighted by atomic mass is 15.3. The van der Waals surface area contributed by atoms with Crippen molar-refractivity contribution in [3.8, 4) is 0 Å². The zero-order chi connectivity index (χ0) is 5.86. The summed E-state index contributed by atoms with van der Waals surface area (Å²) in [4.78, 5) is 0. The third kappa shape index (κ3) is 2.56. The van der Waals surface area contributed by atoms with E-state index in [1.165, 1.54) is 0 Å². The first-order valence-electron chi connectivity index (χ1n) is 2.40. The van der Waals surface area contributed by atoms with E-state index >= 15 is 0 Å². The molecule has 0 aliphatic carbocycles. The standard InChI is InChI=1S/C4H13N3/c1-3(2)4(5)7-6/h3-4,7H,5-6H2,1-2H3/t4-/m1/s1. The van der Waals surface area contributed by atoms with Crippen LogP contribution in [0.5, 0.6) is 0 Å². The third-order valence-electron chi connectivity index (χ3n) is 0.911. The molecule has 3 nitrogen and oxygen atoms in total. The summed E-state index contributed by atoms with van der Waals surface area (Å²) in [5.74, 6) is 5.41. The number of hydrazine groups is 1. The molecule has 44 valence electrons. The highest BCUT2D eigenvalue weighted by molar-refractivity contribution is 4.56. The highest BCUT2D eigenvalue weighted by Crippen LogP contribution is 1.90. The van der Waals surface area contributed by atoms with Crippen molar-refractivity contribution < 1.29 is 0 Å². The van der Waals surface area contributed by atoms with E-state index in [2.05, 4.69) is 5.43 Å². The van der Waals surface area contributed by atoms with Gasteiger partial charge in [0.2, 0.25) is 0 Å². The van der Waals surface area contributed by atoms with Gasteiger partial charge < -0.3 is 5.73 Å². The number of nitrogens with two attached hydrogens (primary N) is 2. The Balaban J connectivity index is 3.14. The largest absolute Gasteiger partial charge is 0.315 e. The Bertz CT molecular complexity index is 44.2. The second-order valence-electron chi connectivity index (χ2n) is 1.94. The third-order valence-corrected chi connectivity index (χ3v) is 0.911. The van der Waals surface area contributed by atoms with Gasteiger partial charge in [-0.2, -0.15) is 0 Å². The van der Waals surface area contributed by atoms with E-state index in [9.17, 15) is 0 Å². The van der Waals surface area contributed by atoms with E-state index in [0.29, 0.717) is 5.92 Å². The molecule has 0 spiro atoms. The predicted octanol–water partition coefficient (Wildman–Crippen LogP) is -0.609. The van der Waals surface area contributed by atoms with Gasteiger partial charge in [0.1, 0.15) is 0 Å². The summed E-state index contributed by atoms with van der Waals surface area (Å²) in [6.45, 7) is 4.01. The maximum atomic E-state index is 5.38. The normalized spacial score (nSPS) is 15.0. The fourth-order valence-corrected chi connectivity index (χ4v) is 0.192. The molecule has 0 aliphatic rings. The molecule has 0 aromatic rings. The predicted molar refractivity (Wildman–Crippen MR) is 30.1 cm³/mol. The summed E-state index contributed by atoms with van der Waals surface area (Å²) in [6, 6.07) is 0. The van der Waals surface area contributed by atoms with Gasteiger partial charge in [-0.3, -0.25) is 5.84 Å². The molecule has 0 radical (unpaired) electrons. The van der Waals surface area contributed by atoms with E-state index < -0.39 is 0 Å². The molecular formula is C4H13N3. The average molecular weight is 103 g/mol. The Morgan fingerprint density at radius 3 is 1.86 bits per heavy atom. The molecule has 1 atom stereocenters. The van der Waals surface area contributed by atoms with Gasteiger partial charge in [-0.1, -0.05) is 13.8 Å². The molecule has 0 heterocycles. The first kappa shape index (κ1) is 6.88. The Hall–Kier alpha value is -0.120. The molecule has 0 fully saturated rings. The van der Waals surface area contributed by atoms with Gasteiger partial charge in [0.15, 0.2) is 0 Å². The van der Waals surface area contributed by atoms with Crippen molar-refractivity contribution in [3.05, 3.63) is 0 Å². The quantitative estimate of drug-likeness (QED) is 0.248. The summed E-state index contributed by atoms with van der Waals surface area (Å²) in [7, 11) is 0. The van der Waals surface area contributed by atoms with Crippen molar-refractivity contribution in [2.75, 3.05) is 0 Å². The highest BCUT2D eigenvalue weighted by Gasteiger charge is 2.01. The summed E-state index contributed by atoms with van der Waals surface area (Å²) in [6.07, 6.45) is -0.0694. The summed E-state index contributed by atoms with van der Waals surface area (Å²) in [5.41, 5.74) is 7.82. The van der Waals surface area contributed by atoms with Gasteiger partial charge in [0.25, 0.3) is 0 Å². The van der Waals surface area contributed by atoms with Crippen LogP contribution in [0.1, 0.15) is 13.8 Å². The Morgan fingerprint density at radius 1 is 1.43 bits per heavy atom. The van der Waals surface area contributed by atoms with Gasteiger partial charge in [-0.15, -0.1) is 0 Å². The zero-order valence-corrected chi connectivity index (χ0v) is 4.81. The number of hydrogen-bond donors (Lipinski definition) is 3. The topological polar surface area (TPSA) is 64.1 Å². The molecule has 0 aromatic heterocycles. The van der Waals surface area contributed by atoms with Crippen LogP contribution >= 0.6 is 0 Å². The smallest absolute Gasteiger partial charge is 0.0699 e. The molecule has 0 bridgehead atoms. The van der Waals surface area contributed by atoms with Crippen molar-refractivity contribution in [2.45, 2.75) is 20.0 Å². The minimum Gasteiger partial charge on any atom is -0.315 e. The molecule has 0 unspecified atom stereocenters. The minimum absolute atomic E-state index is 0.0694. The van der Waals surface area contributed by atoms with Crippen molar-refractivity contribution >= 4 is 0 Å². The summed E-state index contributed by atoms with van der Waals surface area (Å²) >= 11 is 0. The molecule has 0 aliphatic heterocycles. The number of rotatable bonds is 2. The summed E-state index contributed by atoms with van der Waals surface area (Å²) in [5, 5.41) is 0. The lowest BCUT2D eigenvalue weighted by atomic mass is 10.2. The van der Waals surface area contributed by atoms with Gasteiger partial charge in [-0.05, 0) is 5.92 Å². The van der Waals surface area contributed by atoms with Crippen LogP contribution in [-0.2, 0) is 0 Å². The second-order valence-corrected chi connectivity index (χ2v) is 1.94. The van der Waals surface area contributed by atoms with Crippen LogP contribution in [0.4, 0.5) is 0 Å². The molecule has 7 heavy (non-hydrogen) atoms. The Labute approximate surface area is 44.0 Å². The van der Waals surface area contributed by atoms with E-state index in [1.54, 1.807) is 0 Å². The van der Waals surface area contributed by atoms with Crippen molar-refractivity contribution in [1.29, 1.82) is 0 Å². The van der Waals surface area contributed by atoms with Crippen molar-refractivity contribution in [3.63, 3.8) is 0 Å². The zero-order valence-electron chi connectivity index (χ0n) is 4.81. The van der Waals surface area contributed by atoms with Crippen LogP contribution < -0.4 is 17.0 Å². The Morgan fingerprint density at radius 2 is 1.86 bits per heavy atom. The van der Waals surface area contributed by atoms with Crippen molar-refractivity contribution in [1.82, 2.24) is 5.43 Å². The van der Waals surface area contributed by atoms with Crippen LogP contribution in [-0.4, -0.2) is 6.17 Å². The first-order chi connectivity index (χ1) is 3.18. The lowest BCUT2D eigenvalue weighted by Gasteiger charge is -2.12. The molecule has 0 aromatic carbocycles. The van der Waals surface area contributed by atoms with Crippen LogP contribution in [0.2, 0.25) is 0 Å². The SMILES string of the molecule is CC(C)[C@H](N)NN. The number of hydrogen-bond acceptors (Lipinski definition) is 3. The van der Waals surface area contributed by atoms with Gasteiger partial charge in [0.05, 0.1) is 6.17 Å². The van der Waals surface area contributed by atoms with E-state index in [1.807, 2.05) is 13.8 Å². The lowest BCUT2D eigenvalue weighted by Crippen LogP contribution is -2.45. The fourth-order valence-electron chi connectivity index (χ4n) is 0.192. The maximum absolute atomic E-state index is 5.38. The molecule has 0 rings (SSSR count). The molecule has 0 saturated heterocycles. The molecular weight excluding hydrogens is 90.1 g/mol. The number of nitrogens with one attached hydrogen (secondary N) is 1. The molecule has 0 amide bonds. The van der Waals surface area contributed by atoms with Crippen LogP contribution in [0.3, 0.4) is 0 Å². The van der Waals surface area contributed by atoms with Crippen LogP contribution in [0, 0.1) is 5.92 Å². The second kappa shape index (κ2) is 2.96. The van der Waals surface area contributed by atoms with Gasteiger partial charge in [-0.25, -0.2) is 5.43 Å². The van der Waals surface area contributed by atoms with Gasteiger partial charge in [0, 0.05) is 0 Å². The minimum atomic E-state index is -0.0694. The summed E-state index contributed by atoms with van der Waals surface area (Å²) < 4.78 is 0. The van der Waals surface area contributed by atoms with Crippen molar-refractivity contribution in [2.24, 2.45) is 17.5 Å². The van der Waals surface area contributed by atoms with Crippen LogP contribution in [0.25, 0.3) is 0 Å². The van der Waals surface area contributed by atoms with Gasteiger partial charge >= 0.3 is 0 Å². The van der Waals surface area contributed by atoms with E-state index in [-0.39, 0.29) is 6.17 Å². The molecule has 3 heteroatoms. The lowest BCUT2D eigenvalue weighted by molar-refractivity contribution is 0.419. The average Bonchev–Trinajstić information content (AvgIpc) is 1.65. The van der Waals surface area contributed by atoms with E-state index in [4.69, 9.17) is 11.6 Å². The maximum Gasteiger partial charge on any atom is 0.0699 e.